The number of amides is 4. The molecule has 2 saturated heterocycles. The highest BCUT2D eigenvalue weighted by Gasteiger charge is 2.50. The maximum Gasteiger partial charge on any atom is 0.325 e. The number of carbonyl (C=O) groups excluding carboxylic acids is 3. The second-order valence-corrected chi connectivity index (χ2v) is 8.90. The number of ether oxygens (including phenoxy) is 2. The van der Waals surface area contributed by atoms with Gasteiger partial charge in [-0.25, -0.2) is 4.79 Å². The normalized spacial score (nSPS) is 23.4. The lowest BCUT2D eigenvalue weighted by atomic mass is 9.92. The van der Waals surface area contributed by atoms with E-state index in [1.807, 2.05) is 18.2 Å². The fraction of sp³-hybridized carbons (Fsp3) is 0.375. The van der Waals surface area contributed by atoms with Crippen LogP contribution in [0.25, 0.3) is 0 Å². The molecule has 0 spiro atoms. The van der Waals surface area contributed by atoms with Gasteiger partial charge in [-0.15, -0.1) is 0 Å². The molecule has 5 rings (SSSR count). The standard InChI is InChI=1S/C24H24N4O7/c1-24(16-5-7-17(8-6-16)28(32)33)22(30)27(23(31)25-24)14-21(29)26-10-2-3-18(26)15-4-9-19-20(13-15)35-12-11-34-19/h4-9,13,18H,2-3,10-12,14H2,1H3,(H,25,31). The second-order valence-electron chi connectivity index (χ2n) is 8.90. The van der Waals surface area contributed by atoms with Crippen molar-refractivity contribution >= 4 is 23.5 Å². The number of fused-ring (bicyclic) bond motifs is 1. The molecular formula is C24H24N4O7. The molecule has 2 atom stereocenters. The van der Waals surface area contributed by atoms with Crippen LogP contribution in [-0.4, -0.2) is 58.9 Å². The molecule has 2 aromatic carbocycles. The summed E-state index contributed by atoms with van der Waals surface area (Å²) in [5.41, 5.74) is -0.243. The molecule has 182 valence electrons. The van der Waals surface area contributed by atoms with Crippen molar-refractivity contribution in [2.24, 2.45) is 0 Å². The maximum atomic E-state index is 13.3. The number of imide groups is 1. The first kappa shape index (κ1) is 22.6. The van der Waals surface area contributed by atoms with Gasteiger partial charge in [0.1, 0.15) is 25.3 Å². The molecule has 35 heavy (non-hydrogen) atoms. The number of nitro groups is 1. The fourth-order valence-corrected chi connectivity index (χ4v) is 4.86. The van der Waals surface area contributed by atoms with Gasteiger partial charge in [0.25, 0.3) is 11.6 Å². The van der Waals surface area contributed by atoms with Gasteiger partial charge in [-0.3, -0.25) is 24.6 Å². The number of urea groups is 1. The van der Waals surface area contributed by atoms with Gasteiger partial charge < -0.3 is 19.7 Å². The topological polar surface area (TPSA) is 131 Å². The van der Waals surface area contributed by atoms with Gasteiger partial charge >= 0.3 is 6.03 Å². The summed E-state index contributed by atoms with van der Waals surface area (Å²) in [6.45, 7) is 2.59. The van der Waals surface area contributed by atoms with Gasteiger partial charge in [-0.1, -0.05) is 6.07 Å². The van der Waals surface area contributed by atoms with E-state index in [0.29, 0.717) is 36.8 Å². The Hall–Kier alpha value is -4.15. The van der Waals surface area contributed by atoms with E-state index in [1.165, 1.54) is 31.2 Å². The third kappa shape index (κ3) is 3.92. The van der Waals surface area contributed by atoms with Crippen molar-refractivity contribution < 1.29 is 28.8 Å². The zero-order valence-corrected chi connectivity index (χ0v) is 19.1. The van der Waals surface area contributed by atoms with E-state index in [9.17, 15) is 24.5 Å². The number of nitrogens with one attached hydrogen (secondary N) is 1. The third-order valence-electron chi connectivity index (χ3n) is 6.75. The van der Waals surface area contributed by atoms with Crippen molar-refractivity contribution in [3.63, 3.8) is 0 Å². The summed E-state index contributed by atoms with van der Waals surface area (Å²) in [4.78, 5) is 52.2. The van der Waals surface area contributed by atoms with Gasteiger partial charge in [0.15, 0.2) is 11.5 Å². The SMILES string of the molecule is CC1(c2ccc([N+](=O)[O-])cc2)NC(=O)N(CC(=O)N2CCCC2c2ccc3c(c2)OCCO3)C1=O. The molecule has 11 nitrogen and oxygen atoms in total. The molecule has 3 aliphatic rings. The average molecular weight is 480 g/mol. The average Bonchev–Trinajstić information content (AvgIpc) is 3.43. The van der Waals surface area contributed by atoms with E-state index in [2.05, 4.69) is 5.32 Å². The van der Waals surface area contributed by atoms with E-state index >= 15 is 0 Å². The van der Waals surface area contributed by atoms with E-state index in [0.717, 1.165) is 23.3 Å². The first-order valence-electron chi connectivity index (χ1n) is 11.4. The number of likely N-dealkylation sites (tertiary alicyclic amines) is 1. The van der Waals surface area contributed by atoms with Crippen LogP contribution in [0, 0.1) is 10.1 Å². The van der Waals surface area contributed by atoms with Crippen LogP contribution >= 0.6 is 0 Å². The van der Waals surface area contributed by atoms with Crippen LogP contribution in [0.15, 0.2) is 42.5 Å². The highest BCUT2D eigenvalue weighted by Crippen LogP contribution is 2.38. The molecule has 11 heteroatoms. The van der Waals surface area contributed by atoms with Crippen molar-refractivity contribution in [2.75, 3.05) is 26.3 Å². The number of hydrogen-bond acceptors (Lipinski definition) is 7. The van der Waals surface area contributed by atoms with Crippen molar-refractivity contribution in [3.8, 4) is 11.5 Å². The Morgan fingerprint density at radius 3 is 2.57 bits per heavy atom. The summed E-state index contributed by atoms with van der Waals surface area (Å²) in [5.74, 6) is 0.389. The molecule has 0 bridgehead atoms. The minimum absolute atomic E-state index is 0.125. The Bertz CT molecular complexity index is 1210. The van der Waals surface area contributed by atoms with Gasteiger partial charge in [-0.2, -0.15) is 0 Å². The van der Waals surface area contributed by atoms with Crippen LogP contribution in [0.4, 0.5) is 10.5 Å². The molecule has 2 aromatic rings. The second kappa shape index (κ2) is 8.57. The summed E-state index contributed by atoms with van der Waals surface area (Å²) in [6.07, 6.45) is 1.55. The van der Waals surface area contributed by atoms with Gasteiger partial charge in [-0.05, 0) is 55.2 Å². The predicted octanol–water partition coefficient (Wildman–Crippen LogP) is 2.50. The number of benzene rings is 2. The third-order valence-corrected chi connectivity index (χ3v) is 6.75. The van der Waals surface area contributed by atoms with Crippen LogP contribution in [0.1, 0.15) is 36.9 Å². The molecule has 3 heterocycles. The van der Waals surface area contributed by atoms with Crippen LogP contribution in [0.5, 0.6) is 11.5 Å². The molecular weight excluding hydrogens is 456 g/mol. The predicted molar refractivity (Wildman–Crippen MR) is 122 cm³/mol. The molecule has 3 aliphatic heterocycles. The highest BCUT2D eigenvalue weighted by molar-refractivity contribution is 6.09. The lowest BCUT2D eigenvalue weighted by Crippen LogP contribution is -2.44. The molecule has 2 unspecified atom stereocenters. The smallest absolute Gasteiger partial charge is 0.325 e. The lowest BCUT2D eigenvalue weighted by molar-refractivity contribution is -0.384. The summed E-state index contributed by atoms with van der Waals surface area (Å²) in [5, 5.41) is 13.6. The molecule has 2 fully saturated rings. The maximum absolute atomic E-state index is 13.3. The molecule has 1 N–H and O–H groups in total. The van der Waals surface area contributed by atoms with E-state index in [1.54, 1.807) is 4.90 Å². The van der Waals surface area contributed by atoms with Crippen LogP contribution in [0.2, 0.25) is 0 Å². The van der Waals surface area contributed by atoms with Gasteiger partial charge in [0.05, 0.1) is 11.0 Å². The van der Waals surface area contributed by atoms with Crippen molar-refractivity contribution in [3.05, 3.63) is 63.7 Å². The molecule has 4 amide bonds. The van der Waals surface area contributed by atoms with Gasteiger partial charge in [0.2, 0.25) is 5.91 Å². The Kier molecular flexibility index (Phi) is 5.54. The number of rotatable bonds is 5. The van der Waals surface area contributed by atoms with E-state index in [4.69, 9.17) is 9.47 Å². The minimum atomic E-state index is -1.42. The van der Waals surface area contributed by atoms with Crippen molar-refractivity contribution in [1.29, 1.82) is 0 Å². The quantitative estimate of drug-likeness (QED) is 0.395. The fourth-order valence-electron chi connectivity index (χ4n) is 4.86. The summed E-state index contributed by atoms with van der Waals surface area (Å²) in [7, 11) is 0. The number of non-ortho nitro benzene ring substituents is 1. The van der Waals surface area contributed by atoms with E-state index in [-0.39, 0.29) is 17.6 Å². The highest BCUT2D eigenvalue weighted by atomic mass is 16.6. The van der Waals surface area contributed by atoms with Crippen molar-refractivity contribution in [2.45, 2.75) is 31.3 Å². The Morgan fingerprint density at radius 1 is 1.14 bits per heavy atom. The largest absolute Gasteiger partial charge is 0.486 e. The van der Waals surface area contributed by atoms with Crippen LogP contribution < -0.4 is 14.8 Å². The summed E-state index contributed by atoms with van der Waals surface area (Å²) < 4.78 is 11.2. The molecule has 0 aliphatic carbocycles. The molecule has 0 saturated carbocycles. The van der Waals surface area contributed by atoms with Crippen LogP contribution in [-0.2, 0) is 15.1 Å². The number of carbonyl (C=O) groups is 3. The lowest BCUT2D eigenvalue weighted by Gasteiger charge is -2.28. The summed E-state index contributed by atoms with van der Waals surface area (Å²) >= 11 is 0. The zero-order chi connectivity index (χ0) is 24.7. The molecule has 0 aromatic heterocycles. The van der Waals surface area contributed by atoms with E-state index < -0.39 is 28.9 Å². The monoisotopic (exact) mass is 480 g/mol. The van der Waals surface area contributed by atoms with Gasteiger partial charge in [0, 0.05) is 18.7 Å². The number of nitro benzene ring substituents is 1. The minimum Gasteiger partial charge on any atom is -0.486 e. The van der Waals surface area contributed by atoms with Crippen LogP contribution in [0.3, 0.4) is 0 Å². The first-order chi connectivity index (χ1) is 16.8. The zero-order valence-electron chi connectivity index (χ0n) is 19.1. The Labute approximate surface area is 200 Å². The molecule has 0 radical (unpaired) electrons. The first-order valence-corrected chi connectivity index (χ1v) is 11.4. The summed E-state index contributed by atoms with van der Waals surface area (Å²) in [6, 6.07) is 10.1. The Balaban J connectivity index is 1.32. The Morgan fingerprint density at radius 2 is 1.86 bits per heavy atom. The number of nitrogens with zero attached hydrogens (tertiary/aromatic N) is 3. The number of hydrogen-bond donors (Lipinski definition) is 1. The van der Waals surface area contributed by atoms with Crippen molar-refractivity contribution in [1.82, 2.24) is 15.1 Å².